The fraction of sp³-hybridized carbons (Fsp3) is 0. The van der Waals surface area contributed by atoms with E-state index in [0.29, 0.717) is 12.1 Å². The van der Waals surface area contributed by atoms with E-state index in [1.54, 1.807) is 0 Å². The van der Waals surface area contributed by atoms with E-state index in [1.807, 2.05) is 36.4 Å². The standard InChI is InChI=1S/C8H8.C6H4N4O6/c1-2-8-6-4-3-5-7-8;7-6-4(9(13)14)1-3(8(11)12)2-5(6)10(15)16/h2-7H,1H2;1-2H,7H2. The van der Waals surface area contributed by atoms with Gasteiger partial charge in [-0.25, -0.2) is 0 Å². The summed E-state index contributed by atoms with van der Waals surface area (Å²) in [6.45, 7) is 3.63. The number of non-ortho nitro benzene ring substituents is 1. The zero-order chi connectivity index (χ0) is 18.3. The summed E-state index contributed by atoms with van der Waals surface area (Å²) >= 11 is 0. The molecule has 2 aromatic carbocycles. The second kappa shape index (κ2) is 7.98. The Morgan fingerprint density at radius 1 is 0.875 bits per heavy atom. The lowest BCUT2D eigenvalue weighted by Crippen LogP contribution is -2.02. The van der Waals surface area contributed by atoms with Crippen molar-refractivity contribution < 1.29 is 14.8 Å². The average molecular weight is 332 g/mol. The summed E-state index contributed by atoms with van der Waals surface area (Å²) in [5.74, 6) is 0. The summed E-state index contributed by atoms with van der Waals surface area (Å²) in [5.41, 5.74) is 3.14. The molecule has 0 unspecified atom stereocenters. The summed E-state index contributed by atoms with van der Waals surface area (Å²) in [6.07, 6.45) is 1.83. The number of nitrogen functional groups attached to an aromatic ring is 1. The Bertz CT molecular complexity index is 756. The lowest BCUT2D eigenvalue weighted by Gasteiger charge is -1.98. The number of anilines is 1. The first-order valence-electron chi connectivity index (χ1n) is 6.32. The molecular weight excluding hydrogens is 320 g/mol. The van der Waals surface area contributed by atoms with Gasteiger partial charge in [-0.05, 0) is 5.56 Å². The van der Waals surface area contributed by atoms with Crippen molar-refractivity contribution in [2.75, 3.05) is 5.73 Å². The van der Waals surface area contributed by atoms with Crippen molar-refractivity contribution in [3.8, 4) is 0 Å². The highest BCUT2D eigenvalue weighted by molar-refractivity contribution is 5.74. The van der Waals surface area contributed by atoms with E-state index in [4.69, 9.17) is 5.73 Å². The minimum Gasteiger partial charge on any atom is -0.387 e. The number of nitrogens with two attached hydrogens (primary N) is 1. The van der Waals surface area contributed by atoms with Gasteiger partial charge in [0.1, 0.15) is 0 Å². The molecule has 2 N–H and O–H groups in total. The Balaban J connectivity index is 0.000000300. The monoisotopic (exact) mass is 332 g/mol. The summed E-state index contributed by atoms with van der Waals surface area (Å²) in [7, 11) is 0. The highest BCUT2D eigenvalue weighted by Gasteiger charge is 2.28. The lowest BCUT2D eigenvalue weighted by atomic mass is 10.2. The molecular formula is C14H12N4O6. The molecule has 0 radical (unpaired) electrons. The molecule has 0 atom stereocenters. The van der Waals surface area contributed by atoms with Gasteiger partial charge < -0.3 is 5.73 Å². The van der Waals surface area contributed by atoms with Gasteiger partial charge in [-0.2, -0.15) is 0 Å². The minimum absolute atomic E-state index is 0.572. The molecule has 0 fully saturated rings. The molecule has 0 aliphatic heterocycles. The van der Waals surface area contributed by atoms with Crippen LogP contribution in [0.4, 0.5) is 22.7 Å². The van der Waals surface area contributed by atoms with Crippen LogP contribution in [0.25, 0.3) is 6.08 Å². The number of nitrogens with zero attached hydrogens (tertiary/aromatic N) is 3. The van der Waals surface area contributed by atoms with E-state index in [-0.39, 0.29) is 0 Å². The molecule has 0 amide bonds. The van der Waals surface area contributed by atoms with Crippen molar-refractivity contribution in [2.24, 2.45) is 0 Å². The maximum Gasteiger partial charge on any atom is 0.306 e. The van der Waals surface area contributed by atoms with Gasteiger partial charge >= 0.3 is 11.4 Å². The van der Waals surface area contributed by atoms with Crippen molar-refractivity contribution in [1.29, 1.82) is 0 Å². The van der Waals surface area contributed by atoms with E-state index in [1.165, 1.54) is 5.56 Å². The first kappa shape index (κ1) is 18.2. The SMILES string of the molecule is C=Cc1ccccc1.Nc1c([N+](=O)[O-])cc([N+](=O)[O-])cc1[N+](=O)[O-]. The molecule has 0 saturated heterocycles. The van der Waals surface area contributed by atoms with E-state index < -0.39 is 37.5 Å². The molecule has 0 saturated carbocycles. The van der Waals surface area contributed by atoms with Gasteiger partial charge in [0.15, 0.2) is 5.69 Å². The van der Waals surface area contributed by atoms with Crippen LogP contribution in [-0.2, 0) is 0 Å². The van der Waals surface area contributed by atoms with Gasteiger partial charge in [-0.1, -0.05) is 43.0 Å². The quantitative estimate of drug-likeness (QED) is 0.511. The number of nitro groups is 3. The molecule has 124 valence electrons. The molecule has 10 nitrogen and oxygen atoms in total. The second-order valence-electron chi connectivity index (χ2n) is 4.28. The van der Waals surface area contributed by atoms with Crippen LogP contribution >= 0.6 is 0 Å². The molecule has 2 aromatic rings. The van der Waals surface area contributed by atoms with Crippen LogP contribution in [0.1, 0.15) is 5.56 Å². The maximum absolute atomic E-state index is 10.5. The van der Waals surface area contributed by atoms with Crippen LogP contribution in [0.5, 0.6) is 0 Å². The van der Waals surface area contributed by atoms with Gasteiger partial charge in [0.05, 0.1) is 26.9 Å². The Hall–Kier alpha value is -3.82. The van der Waals surface area contributed by atoms with Crippen molar-refractivity contribution in [1.82, 2.24) is 0 Å². The van der Waals surface area contributed by atoms with Crippen molar-refractivity contribution in [2.45, 2.75) is 0 Å². The number of nitro benzene ring substituents is 3. The normalized spacial score (nSPS) is 9.33. The summed E-state index contributed by atoms with van der Waals surface area (Å²) in [5, 5.41) is 31.3. The molecule has 0 aromatic heterocycles. The molecule has 0 heterocycles. The van der Waals surface area contributed by atoms with Crippen LogP contribution in [0.2, 0.25) is 0 Å². The summed E-state index contributed by atoms with van der Waals surface area (Å²) < 4.78 is 0. The molecule has 0 aliphatic rings. The zero-order valence-corrected chi connectivity index (χ0v) is 12.2. The van der Waals surface area contributed by atoms with Gasteiger partial charge in [-0.15, -0.1) is 0 Å². The third kappa shape index (κ3) is 4.59. The summed E-state index contributed by atoms with van der Waals surface area (Å²) in [6, 6.07) is 11.2. The predicted molar refractivity (Wildman–Crippen MR) is 87.4 cm³/mol. The van der Waals surface area contributed by atoms with E-state index in [9.17, 15) is 30.3 Å². The van der Waals surface area contributed by atoms with Crippen LogP contribution in [0, 0.1) is 30.3 Å². The smallest absolute Gasteiger partial charge is 0.306 e. The number of hydrogen-bond acceptors (Lipinski definition) is 7. The van der Waals surface area contributed by atoms with E-state index in [2.05, 4.69) is 6.58 Å². The van der Waals surface area contributed by atoms with Gasteiger partial charge in [0.2, 0.25) is 0 Å². The maximum atomic E-state index is 10.5. The third-order valence-electron chi connectivity index (χ3n) is 2.76. The molecule has 0 spiro atoms. The number of benzene rings is 2. The Morgan fingerprint density at radius 3 is 1.62 bits per heavy atom. The van der Waals surface area contributed by atoms with Crippen LogP contribution in [0.3, 0.4) is 0 Å². The second-order valence-corrected chi connectivity index (χ2v) is 4.28. The van der Waals surface area contributed by atoms with Crippen molar-refractivity contribution >= 4 is 28.8 Å². The van der Waals surface area contributed by atoms with Gasteiger partial charge in [-0.3, -0.25) is 30.3 Å². The van der Waals surface area contributed by atoms with Crippen molar-refractivity contribution in [3.63, 3.8) is 0 Å². The summed E-state index contributed by atoms with van der Waals surface area (Å²) in [4.78, 5) is 28.3. The highest BCUT2D eigenvalue weighted by Crippen LogP contribution is 2.35. The van der Waals surface area contributed by atoms with Crippen LogP contribution in [0.15, 0.2) is 49.0 Å². The molecule has 10 heteroatoms. The fourth-order valence-corrected chi connectivity index (χ4v) is 1.61. The average Bonchev–Trinajstić information content (AvgIpc) is 2.55. The first-order valence-corrected chi connectivity index (χ1v) is 6.32. The van der Waals surface area contributed by atoms with E-state index in [0.717, 1.165) is 0 Å². The highest BCUT2D eigenvalue weighted by atomic mass is 16.6. The molecule has 0 bridgehead atoms. The lowest BCUT2D eigenvalue weighted by molar-refractivity contribution is -0.401. The van der Waals surface area contributed by atoms with E-state index >= 15 is 0 Å². The van der Waals surface area contributed by atoms with Gasteiger partial charge in [0, 0.05) is 0 Å². The third-order valence-corrected chi connectivity index (χ3v) is 2.76. The Morgan fingerprint density at radius 2 is 1.33 bits per heavy atom. The van der Waals surface area contributed by atoms with Gasteiger partial charge in [0.25, 0.3) is 5.69 Å². The topological polar surface area (TPSA) is 155 Å². The number of hydrogen-bond donors (Lipinski definition) is 1. The van der Waals surface area contributed by atoms with Crippen LogP contribution in [-0.4, -0.2) is 14.8 Å². The molecule has 0 aliphatic carbocycles. The Labute approximate surface area is 135 Å². The predicted octanol–water partition coefficient (Wildman–Crippen LogP) is 3.32. The minimum atomic E-state index is -1.02. The van der Waals surface area contributed by atoms with Crippen LogP contribution < -0.4 is 5.73 Å². The first-order chi connectivity index (χ1) is 11.3. The fourth-order valence-electron chi connectivity index (χ4n) is 1.61. The number of rotatable bonds is 4. The van der Waals surface area contributed by atoms with Crippen molar-refractivity contribution in [3.05, 3.63) is 84.9 Å². The Kier molecular flexibility index (Phi) is 6.06. The molecule has 24 heavy (non-hydrogen) atoms. The molecule has 2 rings (SSSR count). The zero-order valence-electron chi connectivity index (χ0n) is 12.2. The largest absolute Gasteiger partial charge is 0.387 e.